The van der Waals surface area contributed by atoms with Gasteiger partial charge in [-0.05, 0) is 43.9 Å². The van der Waals surface area contributed by atoms with E-state index in [1.165, 1.54) is 17.8 Å². The fraction of sp³-hybridized carbons (Fsp3) is 0.429. The summed E-state index contributed by atoms with van der Waals surface area (Å²) in [5.74, 6) is -0.903. The normalized spacial score (nSPS) is 15.9. The molecule has 0 radical (unpaired) electrons. The van der Waals surface area contributed by atoms with E-state index in [-0.39, 0.29) is 5.91 Å². The summed E-state index contributed by atoms with van der Waals surface area (Å²) in [6.45, 7) is 3.55. The predicted octanol–water partition coefficient (Wildman–Crippen LogP) is 2.78. The first-order valence-corrected chi connectivity index (χ1v) is 7.20. The minimum absolute atomic E-state index is 0.0720. The van der Waals surface area contributed by atoms with Crippen LogP contribution in [-0.4, -0.2) is 35.0 Å². The average Bonchev–Trinajstić information content (AvgIpc) is 2.78. The van der Waals surface area contributed by atoms with Gasteiger partial charge in [-0.1, -0.05) is 0 Å². The number of piperidine rings is 1. The van der Waals surface area contributed by atoms with Gasteiger partial charge >= 0.3 is 5.97 Å². The number of aliphatic carboxylic acids is 1. The summed E-state index contributed by atoms with van der Waals surface area (Å²) in [6, 6.07) is 1.85. The monoisotopic (exact) mass is 279 g/mol. The highest BCUT2D eigenvalue weighted by Crippen LogP contribution is 2.25. The third kappa shape index (κ3) is 3.44. The van der Waals surface area contributed by atoms with Gasteiger partial charge in [0.05, 0.1) is 4.88 Å². The van der Waals surface area contributed by atoms with E-state index in [4.69, 9.17) is 5.11 Å². The van der Waals surface area contributed by atoms with Gasteiger partial charge in [-0.2, -0.15) is 0 Å². The van der Waals surface area contributed by atoms with Gasteiger partial charge in [0.2, 0.25) is 0 Å². The van der Waals surface area contributed by atoms with Gasteiger partial charge in [0, 0.05) is 24.0 Å². The van der Waals surface area contributed by atoms with Crippen molar-refractivity contribution < 1.29 is 14.7 Å². The molecule has 1 aromatic heterocycles. The summed E-state index contributed by atoms with van der Waals surface area (Å²) < 4.78 is 0. The quantitative estimate of drug-likeness (QED) is 0.866. The van der Waals surface area contributed by atoms with Crippen LogP contribution in [0.15, 0.2) is 12.1 Å². The molecule has 0 unspecified atom stereocenters. The van der Waals surface area contributed by atoms with Crippen LogP contribution in [0.2, 0.25) is 0 Å². The maximum atomic E-state index is 12.3. The molecule has 0 aliphatic carbocycles. The number of thiophene rings is 1. The molecule has 1 aromatic rings. The first-order chi connectivity index (χ1) is 9.08. The molecule has 2 heterocycles. The lowest BCUT2D eigenvalue weighted by Gasteiger charge is -2.26. The van der Waals surface area contributed by atoms with Crippen LogP contribution < -0.4 is 0 Å². The number of amides is 1. The molecular weight excluding hydrogens is 262 g/mol. The van der Waals surface area contributed by atoms with Gasteiger partial charge in [0.25, 0.3) is 5.91 Å². The molecule has 5 heteroatoms. The molecular formula is C14H17NO3S. The van der Waals surface area contributed by atoms with Crippen molar-refractivity contribution in [2.45, 2.75) is 26.2 Å². The number of rotatable bonds is 3. The Hall–Kier alpha value is -1.62. The van der Waals surface area contributed by atoms with E-state index in [9.17, 15) is 9.59 Å². The highest BCUT2D eigenvalue weighted by Gasteiger charge is 2.20. The van der Waals surface area contributed by atoms with Gasteiger partial charge in [-0.3, -0.25) is 4.79 Å². The number of carbonyl (C=O) groups excluding carboxylic acids is 1. The van der Waals surface area contributed by atoms with E-state index in [2.05, 4.69) is 0 Å². The molecule has 1 aliphatic heterocycles. The van der Waals surface area contributed by atoms with E-state index in [1.54, 1.807) is 6.08 Å². The number of carbonyl (C=O) groups is 2. The lowest BCUT2D eigenvalue weighted by molar-refractivity contribution is -0.131. The lowest BCUT2D eigenvalue weighted by atomic mass is 10.1. The van der Waals surface area contributed by atoms with Crippen molar-refractivity contribution >= 4 is 29.3 Å². The van der Waals surface area contributed by atoms with Crippen LogP contribution in [0.1, 0.15) is 39.4 Å². The smallest absolute Gasteiger partial charge is 0.328 e. The van der Waals surface area contributed by atoms with Crippen molar-refractivity contribution in [3.63, 3.8) is 0 Å². The van der Waals surface area contributed by atoms with Crippen molar-refractivity contribution in [1.82, 2.24) is 4.90 Å². The summed E-state index contributed by atoms with van der Waals surface area (Å²) >= 11 is 1.36. The Morgan fingerprint density at radius 3 is 2.63 bits per heavy atom. The first kappa shape index (κ1) is 13.8. The second-order valence-corrected chi connectivity index (χ2v) is 5.77. The van der Waals surface area contributed by atoms with Gasteiger partial charge < -0.3 is 10.0 Å². The number of likely N-dealkylation sites (tertiary alicyclic amines) is 1. The second kappa shape index (κ2) is 6.02. The number of aryl methyl sites for hydroxylation is 1. The number of nitrogens with zero attached hydrogens (tertiary/aromatic N) is 1. The van der Waals surface area contributed by atoms with Crippen molar-refractivity contribution in [3.05, 3.63) is 27.5 Å². The Labute approximate surface area is 116 Å². The lowest BCUT2D eigenvalue weighted by Crippen LogP contribution is -2.35. The SMILES string of the molecule is Cc1cc(C(=O)N2CCCCC2)sc1C=CC(=O)O. The fourth-order valence-corrected chi connectivity index (χ4v) is 3.21. The summed E-state index contributed by atoms with van der Waals surface area (Å²) in [5.41, 5.74) is 0.947. The van der Waals surface area contributed by atoms with Crippen LogP contribution in [0.4, 0.5) is 0 Å². The van der Waals surface area contributed by atoms with E-state index in [1.807, 2.05) is 17.9 Å². The molecule has 2 rings (SSSR count). The number of carboxylic acids is 1. The predicted molar refractivity (Wildman–Crippen MR) is 75.5 cm³/mol. The number of hydrogen-bond donors (Lipinski definition) is 1. The average molecular weight is 279 g/mol. The Morgan fingerprint density at radius 1 is 1.32 bits per heavy atom. The molecule has 1 saturated heterocycles. The third-order valence-electron chi connectivity index (χ3n) is 3.19. The van der Waals surface area contributed by atoms with Crippen LogP contribution in [0.25, 0.3) is 6.08 Å². The first-order valence-electron chi connectivity index (χ1n) is 6.38. The third-order valence-corrected chi connectivity index (χ3v) is 4.38. The van der Waals surface area contributed by atoms with Crippen LogP contribution in [0, 0.1) is 6.92 Å². The van der Waals surface area contributed by atoms with Gasteiger partial charge in [-0.15, -0.1) is 11.3 Å². The van der Waals surface area contributed by atoms with Crippen molar-refractivity contribution in [2.75, 3.05) is 13.1 Å². The van der Waals surface area contributed by atoms with Gasteiger partial charge in [0.1, 0.15) is 0 Å². The second-order valence-electron chi connectivity index (χ2n) is 4.68. The van der Waals surface area contributed by atoms with Crippen LogP contribution in [0.5, 0.6) is 0 Å². The van der Waals surface area contributed by atoms with E-state index in [0.29, 0.717) is 4.88 Å². The Bertz CT molecular complexity index is 513. The standard InChI is InChI=1S/C14H17NO3S/c1-10-9-12(19-11(10)5-6-13(16)17)14(18)15-7-3-2-4-8-15/h5-6,9H,2-4,7-8H2,1H3,(H,16,17). The maximum absolute atomic E-state index is 12.3. The zero-order chi connectivity index (χ0) is 13.8. The topological polar surface area (TPSA) is 57.6 Å². The molecule has 0 saturated carbocycles. The summed E-state index contributed by atoms with van der Waals surface area (Å²) in [6.07, 6.45) is 5.99. The van der Waals surface area contributed by atoms with Crippen molar-refractivity contribution in [3.8, 4) is 0 Å². The van der Waals surface area contributed by atoms with Crippen LogP contribution in [-0.2, 0) is 4.79 Å². The Morgan fingerprint density at radius 2 is 2.00 bits per heavy atom. The van der Waals surface area contributed by atoms with E-state index < -0.39 is 5.97 Å². The minimum Gasteiger partial charge on any atom is -0.478 e. The van der Waals surface area contributed by atoms with E-state index >= 15 is 0 Å². The van der Waals surface area contributed by atoms with Gasteiger partial charge in [-0.25, -0.2) is 4.79 Å². The molecule has 0 atom stereocenters. The maximum Gasteiger partial charge on any atom is 0.328 e. The number of carboxylic acid groups (broad SMARTS) is 1. The zero-order valence-electron chi connectivity index (χ0n) is 10.9. The summed E-state index contributed by atoms with van der Waals surface area (Å²) in [4.78, 5) is 26.2. The summed E-state index contributed by atoms with van der Waals surface area (Å²) in [5, 5.41) is 8.63. The van der Waals surface area contributed by atoms with Gasteiger partial charge in [0.15, 0.2) is 0 Å². The molecule has 0 spiro atoms. The fourth-order valence-electron chi connectivity index (χ4n) is 2.17. The van der Waals surface area contributed by atoms with Crippen LogP contribution >= 0.6 is 11.3 Å². The molecule has 1 N–H and O–H groups in total. The van der Waals surface area contributed by atoms with Crippen molar-refractivity contribution in [1.29, 1.82) is 0 Å². The number of hydrogen-bond acceptors (Lipinski definition) is 3. The minimum atomic E-state index is -0.975. The van der Waals surface area contributed by atoms with E-state index in [0.717, 1.165) is 42.4 Å². The summed E-state index contributed by atoms with van der Waals surface area (Å²) in [7, 11) is 0. The molecule has 1 aliphatic rings. The molecule has 1 amide bonds. The zero-order valence-corrected chi connectivity index (χ0v) is 11.7. The molecule has 0 aromatic carbocycles. The highest BCUT2D eigenvalue weighted by atomic mass is 32.1. The molecule has 1 fully saturated rings. The molecule has 102 valence electrons. The Balaban J connectivity index is 2.14. The Kier molecular flexibility index (Phi) is 4.37. The van der Waals surface area contributed by atoms with Crippen LogP contribution in [0.3, 0.4) is 0 Å². The largest absolute Gasteiger partial charge is 0.478 e. The molecule has 0 bridgehead atoms. The molecule has 19 heavy (non-hydrogen) atoms. The van der Waals surface area contributed by atoms with Crippen molar-refractivity contribution in [2.24, 2.45) is 0 Å². The highest BCUT2D eigenvalue weighted by molar-refractivity contribution is 7.15. The molecule has 4 nitrogen and oxygen atoms in total.